The van der Waals surface area contributed by atoms with E-state index in [0.29, 0.717) is 72.9 Å². The van der Waals surface area contributed by atoms with Crippen LogP contribution < -0.4 is 9.64 Å². The number of pyridine rings is 1. The first-order chi connectivity index (χ1) is 22.7. The predicted octanol–water partition coefficient (Wildman–Crippen LogP) is 6.43. The molecule has 3 atom stereocenters. The molecular formula is C35H38F3N5O4. The highest BCUT2D eigenvalue weighted by Gasteiger charge is 2.49. The van der Waals surface area contributed by atoms with Crippen LogP contribution in [0, 0.1) is 17.6 Å². The lowest BCUT2D eigenvalue weighted by Gasteiger charge is -2.31. The number of alkyl halides is 1. The van der Waals surface area contributed by atoms with E-state index in [0.717, 1.165) is 32.2 Å². The number of phenolic OH excluding ortho intramolecular Hbond substituents is 1. The molecule has 0 radical (unpaired) electrons. The minimum absolute atomic E-state index is 0.0617. The Morgan fingerprint density at radius 3 is 2.77 bits per heavy atom. The second-order valence-corrected chi connectivity index (χ2v) is 13.2. The molecular weight excluding hydrogens is 611 g/mol. The minimum atomic E-state index is -0.948. The lowest BCUT2D eigenvalue weighted by molar-refractivity contribution is -0.142. The molecule has 4 aromatic rings. The van der Waals surface area contributed by atoms with Gasteiger partial charge in [0, 0.05) is 37.8 Å². The number of fused-ring (bicyclic) bond motifs is 3. The second kappa shape index (κ2) is 12.4. The third kappa shape index (κ3) is 5.70. The summed E-state index contributed by atoms with van der Waals surface area (Å²) in [5.41, 5.74) is -0.0360. The van der Waals surface area contributed by atoms with Gasteiger partial charge in [0.25, 0.3) is 0 Å². The SMILES string of the molecule is CCc1c(F)ccc2cc(O)cc(-c3ncc4c(N5CCCCC(C(=O)O)CC5)nc(OC[C@@]56CCCN5C[C@H](F)C6)nc4c3F)c12. The van der Waals surface area contributed by atoms with Gasteiger partial charge in [-0.1, -0.05) is 19.4 Å². The Balaban J connectivity index is 1.36. The van der Waals surface area contributed by atoms with E-state index in [1.165, 1.54) is 24.4 Å². The van der Waals surface area contributed by atoms with Crippen LogP contribution in [-0.4, -0.2) is 80.5 Å². The van der Waals surface area contributed by atoms with Crippen molar-refractivity contribution in [2.24, 2.45) is 5.92 Å². The van der Waals surface area contributed by atoms with Gasteiger partial charge in [0.05, 0.1) is 16.8 Å². The van der Waals surface area contributed by atoms with Gasteiger partial charge >= 0.3 is 12.0 Å². The van der Waals surface area contributed by atoms with Crippen LogP contribution >= 0.6 is 0 Å². The zero-order chi connectivity index (χ0) is 32.9. The van der Waals surface area contributed by atoms with Gasteiger partial charge in [-0.05, 0) is 79.6 Å². The van der Waals surface area contributed by atoms with Crippen molar-refractivity contribution in [3.63, 3.8) is 0 Å². The molecule has 3 aliphatic heterocycles. The number of anilines is 1. The van der Waals surface area contributed by atoms with Gasteiger partial charge < -0.3 is 19.8 Å². The van der Waals surface area contributed by atoms with E-state index in [2.05, 4.69) is 14.9 Å². The number of phenols is 1. The highest BCUT2D eigenvalue weighted by Crippen LogP contribution is 2.42. The lowest BCUT2D eigenvalue weighted by atomic mass is 9.94. The van der Waals surface area contributed by atoms with E-state index in [1.54, 1.807) is 13.0 Å². The number of hydrogen-bond donors (Lipinski definition) is 2. The maximum absolute atomic E-state index is 16.9. The Hall–Kier alpha value is -4.19. The molecule has 0 spiro atoms. The van der Waals surface area contributed by atoms with Crippen molar-refractivity contribution in [1.82, 2.24) is 19.9 Å². The first kappa shape index (κ1) is 31.4. The zero-order valence-electron chi connectivity index (χ0n) is 26.3. The standard InChI is InChI=1S/C35H38F3N5O4/c1-2-24-27(37)8-7-21-14-23(44)15-25(28(21)24)30-29(38)31-26(17-39-30)32(42-11-4-3-6-20(9-13-42)33(45)46)41-34(40-31)47-19-35-10-5-12-43(35)18-22(36)16-35/h7-8,14-15,17,20,22,44H,2-6,9-13,16,18-19H2,1H3,(H,45,46)/t20?,22-,35+/m1/s1. The summed E-state index contributed by atoms with van der Waals surface area (Å²) < 4.78 is 52.5. The van der Waals surface area contributed by atoms with Crippen molar-refractivity contribution in [3.8, 4) is 23.0 Å². The summed E-state index contributed by atoms with van der Waals surface area (Å²) in [6.45, 7) is 4.04. The first-order valence-electron chi connectivity index (χ1n) is 16.5. The summed E-state index contributed by atoms with van der Waals surface area (Å²) in [7, 11) is 0. The fourth-order valence-electron chi connectivity index (χ4n) is 7.91. The van der Waals surface area contributed by atoms with Gasteiger partial charge in [-0.25, -0.2) is 13.2 Å². The van der Waals surface area contributed by atoms with Crippen LogP contribution in [0.5, 0.6) is 11.8 Å². The molecule has 12 heteroatoms. The monoisotopic (exact) mass is 649 g/mol. The smallest absolute Gasteiger partial charge is 0.319 e. The number of rotatable bonds is 7. The number of carbonyl (C=O) groups is 1. The van der Waals surface area contributed by atoms with Crippen LogP contribution in [0.15, 0.2) is 30.5 Å². The summed E-state index contributed by atoms with van der Waals surface area (Å²) >= 11 is 0. The van der Waals surface area contributed by atoms with Crippen LogP contribution in [0.1, 0.15) is 57.4 Å². The molecule has 0 saturated carbocycles. The normalized spacial score (nSPS) is 23.6. The maximum atomic E-state index is 16.9. The van der Waals surface area contributed by atoms with Crippen LogP contribution in [0.3, 0.4) is 0 Å². The Morgan fingerprint density at radius 2 is 1.96 bits per heavy atom. The molecule has 5 heterocycles. The maximum Gasteiger partial charge on any atom is 0.319 e. The summed E-state index contributed by atoms with van der Waals surface area (Å²) in [6, 6.07) is 5.69. The number of aliphatic carboxylic acids is 1. The molecule has 2 aromatic heterocycles. The number of carboxylic acids is 1. The van der Waals surface area contributed by atoms with Crippen LogP contribution in [0.4, 0.5) is 19.0 Å². The third-order valence-corrected chi connectivity index (χ3v) is 10.3. The Labute approximate surface area is 270 Å². The van der Waals surface area contributed by atoms with E-state index in [-0.39, 0.29) is 35.1 Å². The van der Waals surface area contributed by atoms with Crippen LogP contribution in [-0.2, 0) is 11.2 Å². The van der Waals surface area contributed by atoms with E-state index < -0.39 is 35.2 Å². The van der Waals surface area contributed by atoms with Gasteiger partial charge in [-0.15, -0.1) is 0 Å². The lowest BCUT2D eigenvalue weighted by Crippen LogP contribution is -2.43. The highest BCUT2D eigenvalue weighted by atomic mass is 19.1. The number of halogens is 3. The molecule has 9 nitrogen and oxygen atoms in total. The molecule has 0 amide bonds. The van der Waals surface area contributed by atoms with Crippen molar-refractivity contribution in [2.75, 3.05) is 37.7 Å². The highest BCUT2D eigenvalue weighted by molar-refractivity contribution is 6.01. The topological polar surface area (TPSA) is 112 Å². The Kier molecular flexibility index (Phi) is 8.32. The molecule has 47 heavy (non-hydrogen) atoms. The molecule has 3 aliphatic rings. The summed E-state index contributed by atoms with van der Waals surface area (Å²) in [4.78, 5) is 29.7. The molecule has 1 unspecified atom stereocenters. The summed E-state index contributed by atoms with van der Waals surface area (Å²) in [5.74, 6) is -2.30. The van der Waals surface area contributed by atoms with Crippen LogP contribution in [0.2, 0.25) is 0 Å². The van der Waals surface area contributed by atoms with Crippen molar-refractivity contribution in [3.05, 3.63) is 47.7 Å². The van der Waals surface area contributed by atoms with Gasteiger partial charge in [0.1, 0.15) is 41.4 Å². The van der Waals surface area contributed by atoms with Gasteiger partial charge in [-0.2, -0.15) is 9.97 Å². The zero-order valence-corrected chi connectivity index (χ0v) is 26.3. The molecule has 3 saturated heterocycles. The number of ether oxygens (including phenoxy) is 1. The molecule has 248 valence electrons. The number of nitrogens with zero attached hydrogens (tertiary/aromatic N) is 5. The molecule has 2 aromatic carbocycles. The van der Waals surface area contributed by atoms with Gasteiger partial charge in [0.2, 0.25) is 0 Å². The van der Waals surface area contributed by atoms with E-state index in [9.17, 15) is 23.8 Å². The summed E-state index contributed by atoms with van der Waals surface area (Å²) in [6.07, 6.45) is 5.34. The number of aryl methyl sites for hydroxylation is 1. The molecule has 2 N–H and O–H groups in total. The average Bonchev–Trinajstić information content (AvgIpc) is 3.55. The fourth-order valence-corrected chi connectivity index (χ4v) is 7.91. The third-order valence-electron chi connectivity index (χ3n) is 10.3. The number of hydrogen-bond acceptors (Lipinski definition) is 8. The quantitative estimate of drug-likeness (QED) is 0.234. The number of aromatic hydroxyl groups is 1. The number of aromatic nitrogens is 3. The largest absolute Gasteiger partial charge is 0.508 e. The molecule has 0 aliphatic carbocycles. The van der Waals surface area contributed by atoms with Crippen LogP contribution in [0.25, 0.3) is 32.9 Å². The van der Waals surface area contributed by atoms with Crippen molar-refractivity contribution < 1.29 is 32.9 Å². The van der Waals surface area contributed by atoms with Crippen molar-refractivity contribution in [2.45, 2.75) is 70.0 Å². The molecule has 7 rings (SSSR count). The first-order valence-corrected chi connectivity index (χ1v) is 16.5. The van der Waals surface area contributed by atoms with E-state index in [4.69, 9.17) is 9.72 Å². The fraction of sp³-hybridized carbons (Fsp3) is 0.486. The Morgan fingerprint density at radius 1 is 1.11 bits per heavy atom. The van der Waals surface area contributed by atoms with Crippen molar-refractivity contribution in [1.29, 1.82) is 0 Å². The predicted molar refractivity (Wildman–Crippen MR) is 172 cm³/mol. The van der Waals surface area contributed by atoms with E-state index >= 15 is 4.39 Å². The average molecular weight is 650 g/mol. The minimum Gasteiger partial charge on any atom is -0.508 e. The van der Waals surface area contributed by atoms with Gasteiger partial charge in [-0.3, -0.25) is 14.7 Å². The summed E-state index contributed by atoms with van der Waals surface area (Å²) in [5, 5.41) is 21.6. The number of carboxylic acid groups (broad SMARTS) is 1. The van der Waals surface area contributed by atoms with E-state index in [1.807, 2.05) is 4.90 Å². The second-order valence-electron chi connectivity index (χ2n) is 13.2. The molecule has 3 fully saturated rings. The Bertz CT molecular complexity index is 1860. The van der Waals surface area contributed by atoms with Gasteiger partial charge in [0.15, 0.2) is 5.82 Å². The molecule has 0 bridgehead atoms. The number of benzene rings is 2. The van der Waals surface area contributed by atoms with Crippen molar-refractivity contribution >= 4 is 33.5 Å².